The minimum absolute atomic E-state index is 0.0715. The van der Waals surface area contributed by atoms with Crippen LogP contribution in [-0.2, 0) is 11.3 Å². The highest BCUT2D eigenvalue weighted by Crippen LogP contribution is 2.08. The highest BCUT2D eigenvalue weighted by atomic mass is 16.3. The van der Waals surface area contributed by atoms with E-state index >= 15 is 0 Å². The zero-order valence-electron chi connectivity index (χ0n) is 12.3. The molecule has 5 heteroatoms. The first-order valence-electron chi connectivity index (χ1n) is 7.04. The summed E-state index contributed by atoms with van der Waals surface area (Å²) < 4.78 is 5.26. The molecular weight excluding hydrogens is 254 g/mol. The fraction of sp³-hybridized carbons (Fsp3) is 0.600. The lowest BCUT2D eigenvalue weighted by atomic mass is 10.2. The van der Waals surface area contributed by atoms with Crippen LogP contribution < -0.4 is 5.32 Å². The quantitative estimate of drug-likeness (QED) is 0.703. The Kier molecular flexibility index (Phi) is 7.44. The summed E-state index contributed by atoms with van der Waals surface area (Å²) >= 11 is 0. The van der Waals surface area contributed by atoms with Gasteiger partial charge in [-0.15, -0.1) is 0 Å². The maximum atomic E-state index is 12.2. The Balaban J connectivity index is 2.41. The first-order valence-corrected chi connectivity index (χ1v) is 7.04. The third kappa shape index (κ3) is 6.39. The second kappa shape index (κ2) is 9.16. The van der Waals surface area contributed by atoms with Crippen LogP contribution in [0.15, 0.2) is 22.8 Å². The molecule has 20 heavy (non-hydrogen) atoms. The molecule has 1 amide bonds. The van der Waals surface area contributed by atoms with Gasteiger partial charge in [0.2, 0.25) is 5.91 Å². The lowest BCUT2D eigenvalue weighted by Crippen LogP contribution is -2.32. The molecule has 0 aliphatic heterocycles. The van der Waals surface area contributed by atoms with Gasteiger partial charge in [-0.05, 0) is 25.1 Å². The van der Waals surface area contributed by atoms with Gasteiger partial charge in [0.05, 0.1) is 25.3 Å². The monoisotopic (exact) mass is 277 g/mol. The van der Waals surface area contributed by atoms with Crippen LogP contribution in [0.4, 0.5) is 0 Å². The van der Waals surface area contributed by atoms with E-state index < -0.39 is 0 Å². The third-order valence-corrected chi connectivity index (χ3v) is 2.89. The van der Waals surface area contributed by atoms with Crippen molar-refractivity contribution in [1.82, 2.24) is 10.2 Å². The highest BCUT2D eigenvalue weighted by molar-refractivity contribution is 5.76. The fourth-order valence-corrected chi connectivity index (χ4v) is 1.86. The van der Waals surface area contributed by atoms with Crippen molar-refractivity contribution in [1.29, 1.82) is 5.26 Å². The van der Waals surface area contributed by atoms with Crippen molar-refractivity contribution >= 4 is 5.91 Å². The van der Waals surface area contributed by atoms with E-state index in [1.54, 1.807) is 17.2 Å². The number of carbonyl (C=O) groups is 1. The molecule has 110 valence electrons. The molecule has 0 unspecified atom stereocenters. The van der Waals surface area contributed by atoms with Gasteiger partial charge in [-0.3, -0.25) is 4.79 Å². The van der Waals surface area contributed by atoms with E-state index in [0.717, 1.165) is 18.7 Å². The van der Waals surface area contributed by atoms with Crippen LogP contribution in [0.3, 0.4) is 0 Å². The number of rotatable bonds is 9. The number of nitrogens with zero attached hydrogens (tertiary/aromatic N) is 2. The SMILES string of the molecule is CC(C)NCCCC(=O)N(CCC#N)Cc1ccco1. The van der Waals surface area contributed by atoms with Crippen molar-refractivity contribution < 1.29 is 9.21 Å². The lowest BCUT2D eigenvalue weighted by molar-refractivity contribution is -0.132. The van der Waals surface area contributed by atoms with E-state index in [2.05, 4.69) is 25.2 Å². The summed E-state index contributed by atoms with van der Waals surface area (Å²) in [7, 11) is 0. The van der Waals surface area contributed by atoms with Crippen LogP contribution >= 0.6 is 0 Å². The van der Waals surface area contributed by atoms with Gasteiger partial charge in [0.15, 0.2) is 0 Å². The zero-order chi connectivity index (χ0) is 14.8. The van der Waals surface area contributed by atoms with Gasteiger partial charge in [0.1, 0.15) is 5.76 Å². The number of hydrogen-bond acceptors (Lipinski definition) is 4. The number of carbonyl (C=O) groups excluding carboxylic acids is 1. The fourth-order valence-electron chi connectivity index (χ4n) is 1.86. The lowest BCUT2D eigenvalue weighted by Gasteiger charge is -2.20. The summed E-state index contributed by atoms with van der Waals surface area (Å²) in [6.45, 7) is 5.88. The average molecular weight is 277 g/mol. The van der Waals surface area contributed by atoms with Crippen LogP contribution in [0.5, 0.6) is 0 Å². The molecule has 0 aliphatic carbocycles. The Labute approximate surface area is 120 Å². The van der Waals surface area contributed by atoms with Gasteiger partial charge in [-0.2, -0.15) is 5.26 Å². The van der Waals surface area contributed by atoms with Gasteiger partial charge in [0, 0.05) is 19.0 Å². The summed E-state index contributed by atoms with van der Waals surface area (Å²) in [6, 6.07) is 6.15. The normalized spacial score (nSPS) is 10.5. The van der Waals surface area contributed by atoms with Gasteiger partial charge >= 0.3 is 0 Å². The molecular formula is C15H23N3O2. The molecule has 1 aromatic heterocycles. The molecule has 0 atom stereocenters. The molecule has 1 rings (SSSR count). The van der Waals surface area contributed by atoms with Crippen molar-refractivity contribution in [3.05, 3.63) is 24.2 Å². The summed E-state index contributed by atoms with van der Waals surface area (Å²) in [4.78, 5) is 13.9. The van der Waals surface area contributed by atoms with Crippen molar-refractivity contribution in [3.63, 3.8) is 0 Å². The molecule has 0 aliphatic rings. The first-order chi connectivity index (χ1) is 9.63. The van der Waals surface area contributed by atoms with Crippen LogP contribution in [0.1, 0.15) is 38.9 Å². The van der Waals surface area contributed by atoms with Gasteiger partial charge in [-0.1, -0.05) is 13.8 Å². The predicted molar refractivity (Wildman–Crippen MR) is 76.7 cm³/mol. The Morgan fingerprint density at radius 2 is 2.35 bits per heavy atom. The van der Waals surface area contributed by atoms with Gasteiger partial charge in [-0.25, -0.2) is 0 Å². The van der Waals surface area contributed by atoms with E-state index in [-0.39, 0.29) is 5.91 Å². The van der Waals surface area contributed by atoms with E-state index in [0.29, 0.717) is 32.0 Å². The van der Waals surface area contributed by atoms with E-state index in [1.165, 1.54) is 0 Å². The Hall–Kier alpha value is -1.80. The molecule has 0 spiro atoms. The second-order valence-corrected chi connectivity index (χ2v) is 5.02. The minimum Gasteiger partial charge on any atom is -0.467 e. The molecule has 1 heterocycles. The Bertz CT molecular complexity index is 421. The molecule has 0 radical (unpaired) electrons. The smallest absolute Gasteiger partial charge is 0.223 e. The summed E-state index contributed by atoms with van der Waals surface area (Å²) in [5.41, 5.74) is 0. The van der Waals surface area contributed by atoms with E-state index in [4.69, 9.17) is 9.68 Å². The Morgan fingerprint density at radius 3 is 2.95 bits per heavy atom. The van der Waals surface area contributed by atoms with Crippen molar-refractivity contribution in [3.8, 4) is 6.07 Å². The molecule has 5 nitrogen and oxygen atoms in total. The van der Waals surface area contributed by atoms with E-state index in [1.807, 2.05) is 6.07 Å². The summed E-state index contributed by atoms with van der Waals surface area (Å²) in [5.74, 6) is 0.818. The topological polar surface area (TPSA) is 69.3 Å². The molecule has 0 bridgehead atoms. The molecule has 0 aromatic carbocycles. The maximum absolute atomic E-state index is 12.2. The minimum atomic E-state index is 0.0715. The van der Waals surface area contributed by atoms with Crippen LogP contribution in [0, 0.1) is 11.3 Å². The largest absolute Gasteiger partial charge is 0.467 e. The van der Waals surface area contributed by atoms with Crippen LogP contribution in [0.25, 0.3) is 0 Å². The van der Waals surface area contributed by atoms with Crippen molar-refractivity contribution in [2.24, 2.45) is 0 Å². The number of nitrogens with one attached hydrogen (secondary N) is 1. The molecule has 0 saturated heterocycles. The molecule has 0 fully saturated rings. The first kappa shape index (κ1) is 16.3. The molecule has 1 aromatic rings. The number of hydrogen-bond donors (Lipinski definition) is 1. The maximum Gasteiger partial charge on any atom is 0.223 e. The van der Waals surface area contributed by atoms with E-state index in [9.17, 15) is 4.79 Å². The van der Waals surface area contributed by atoms with Crippen LogP contribution in [0.2, 0.25) is 0 Å². The van der Waals surface area contributed by atoms with Crippen LogP contribution in [-0.4, -0.2) is 29.9 Å². The standard InChI is InChI=1S/C15H23N3O2/c1-13(2)17-9-3-7-15(19)18(10-5-8-16)12-14-6-4-11-20-14/h4,6,11,13,17H,3,5,7,9-10,12H2,1-2H3. The highest BCUT2D eigenvalue weighted by Gasteiger charge is 2.14. The third-order valence-electron chi connectivity index (χ3n) is 2.89. The average Bonchev–Trinajstić information content (AvgIpc) is 2.92. The predicted octanol–water partition coefficient (Wildman–Crippen LogP) is 2.30. The second-order valence-electron chi connectivity index (χ2n) is 5.02. The number of nitriles is 1. The summed E-state index contributed by atoms with van der Waals surface area (Å²) in [5, 5.41) is 12.0. The number of amides is 1. The van der Waals surface area contributed by atoms with Gasteiger partial charge < -0.3 is 14.6 Å². The Morgan fingerprint density at radius 1 is 1.55 bits per heavy atom. The van der Waals surface area contributed by atoms with Crippen molar-refractivity contribution in [2.75, 3.05) is 13.1 Å². The van der Waals surface area contributed by atoms with Crippen molar-refractivity contribution in [2.45, 2.75) is 45.7 Å². The van der Waals surface area contributed by atoms with Gasteiger partial charge in [0.25, 0.3) is 0 Å². The molecule has 1 N–H and O–H groups in total. The number of furan rings is 1. The molecule has 0 saturated carbocycles. The summed E-state index contributed by atoms with van der Waals surface area (Å²) in [6.07, 6.45) is 3.23. The zero-order valence-corrected chi connectivity index (χ0v) is 12.3.